The molecule has 0 spiro atoms. The molecule has 3 aliphatic carbocycles. The van der Waals surface area contributed by atoms with Gasteiger partial charge in [0.1, 0.15) is 0 Å². The van der Waals surface area contributed by atoms with Crippen molar-refractivity contribution in [3.8, 4) is 0 Å². The maximum Gasteiger partial charge on any atom is -0.0128 e. The van der Waals surface area contributed by atoms with Gasteiger partial charge in [-0.2, -0.15) is 0 Å². The molecule has 0 aliphatic heterocycles. The molecule has 5 unspecified atom stereocenters. The number of hydrogen-bond donors (Lipinski definition) is 0. The summed E-state index contributed by atoms with van der Waals surface area (Å²) in [5, 5.41) is 0. The lowest BCUT2D eigenvalue weighted by molar-refractivity contribution is 0.0273. The van der Waals surface area contributed by atoms with Crippen molar-refractivity contribution >= 4 is 0 Å². The van der Waals surface area contributed by atoms with Crippen LogP contribution in [0.4, 0.5) is 0 Å². The molecule has 0 heterocycles. The molecule has 2 fully saturated rings. The van der Waals surface area contributed by atoms with Gasteiger partial charge in [0.05, 0.1) is 0 Å². The van der Waals surface area contributed by atoms with Crippen LogP contribution in [0.25, 0.3) is 0 Å². The normalized spacial score (nSPS) is 39.0. The molecule has 0 radical (unpaired) electrons. The lowest BCUT2D eigenvalue weighted by atomic mass is 9.54. The van der Waals surface area contributed by atoms with Gasteiger partial charge in [-0.05, 0) is 90.2 Å². The Kier molecular flexibility index (Phi) is 3.86. The van der Waals surface area contributed by atoms with E-state index in [-0.39, 0.29) is 0 Å². The molecule has 0 saturated heterocycles. The zero-order chi connectivity index (χ0) is 16.2. The Morgan fingerprint density at radius 2 is 1.96 bits per heavy atom. The minimum atomic E-state index is 0.658. The second-order valence-corrected chi connectivity index (χ2v) is 9.26. The molecule has 3 aliphatic rings. The summed E-state index contributed by atoms with van der Waals surface area (Å²) >= 11 is 0. The molecule has 1 aromatic carbocycles. The highest BCUT2D eigenvalue weighted by atomic mass is 14.6. The average Bonchev–Trinajstić information content (AvgIpc) is 2.90. The predicted octanol–water partition coefficient (Wildman–Crippen LogP) is 6.69. The fourth-order valence-corrected chi connectivity index (χ4v) is 6.74. The van der Waals surface area contributed by atoms with Gasteiger partial charge in [0, 0.05) is 0 Å². The summed E-state index contributed by atoms with van der Waals surface area (Å²) in [6, 6.07) is 7.47. The smallest absolute Gasteiger partial charge is 0.0128 e. The minimum absolute atomic E-state index is 0.658. The highest BCUT2D eigenvalue weighted by Crippen LogP contribution is 2.63. The van der Waals surface area contributed by atoms with E-state index in [1.807, 2.05) is 0 Å². The predicted molar refractivity (Wildman–Crippen MR) is 98.9 cm³/mol. The second-order valence-electron chi connectivity index (χ2n) is 9.26. The fourth-order valence-electron chi connectivity index (χ4n) is 6.74. The molecule has 0 amide bonds. The second kappa shape index (κ2) is 5.64. The van der Waals surface area contributed by atoms with Crippen molar-refractivity contribution in [2.45, 2.75) is 84.5 Å². The van der Waals surface area contributed by atoms with E-state index < -0.39 is 0 Å². The number of rotatable bonds is 2. The van der Waals surface area contributed by atoms with Crippen molar-refractivity contribution < 1.29 is 0 Å². The van der Waals surface area contributed by atoms with Crippen LogP contribution < -0.4 is 0 Å². The van der Waals surface area contributed by atoms with Crippen molar-refractivity contribution in [2.75, 3.05) is 0 Å². The Balaban J connectivity index is 1.65. The SMILES string of the molecule is CCC1CCC2C3CCc4cc(C(C)C)ccc4C3CCC12C. The summed E-state index contributed by atoms with van der Waals surface area (Å²) in [5.41, 5.74) is 5.61. The van der Waals surface area contributed by atoms with Crippen LogP contribution >= 0.6 is 0 Å². The van der Waals surface area contributed by atoms with Crippen LogP contribution in [0, 0.1) is 23.2 Å². The summed E-state index contributed by atoms with van der Waals surface area (Å²) in [4.78, 5) is 0. The molecule has 0 bridgehead atoms. The molecule has 0 nitrogen and oxygen atoms in total. The van der Waals surface area contributed by atoms with Crippen LogP contribution in [0.1, 0.15) is 94.7 Å². The maximum absolute atomic E-state index is 2.65. The lowest BCUT2D eigenvalue weighted by Crippen LogP contribution is -2.42. The van der Waals surface area contributed by atoms with Crippen LogP contribution in [0.5, 0.6) is 0 Å². The molecule has 0 heteroatoms. The minimum Gasteiger partial charge on any atom is -0.0651 e. The number of fused-ring (bicyclic) bond motifs is 5. The van der Waals surface area contributed by atoms with Gasteiger partial charge in [-0.3, -0.25) is 0 Å². The quantitative estimate of drug-likeness (QED) is 0.570. The van der Waals surface area contributed by atoms with E-state index in [1.54, 1.807) is 11.1 Å². The van der Waals surface area contributed by atoms with E-state index in [4.69, 9.17) is 0 Å². The summed E-state index contributed by atoms with van der Waals surface area (Å²) < 4.78 is 0. The summed E-state index contributed by atoms with van der Waals surface area (Å²) in [6.45, 7) is 9.71. The molecule has 5 atom stereocenters. The van der Waals surface area contributed by atoms with Crippen LogP contribution in [-0.4, -0.2) is 0 Å². The third kappa shape index (κ3) is 2.31. The van der Waals surface area contributed by atoms with Crippen molar-refractivity contribution in [1.29, 1.82) is 0 Å². The first-order valence-electron chi connectivity index (χ1n) is 10.2. The molecule has 4 rings (SSSR count). The monoisotopic (exact) mass is 310 g/mol. The van der Waals surface area contributed by atoms with Crippen molar-refractivity contribution in [3.63, 3.8) is 0 Å². The van der Waals surface area contributed by atoms with Gasteiger partial charge in [-0.25, -0.2) is 0 Å². The van der Waals surface area contributed by atoms with Crippen molar-refractivity contribution in [1.82, 2.24) is 0 Å². The first kappa shape index (κ1) is 15.7. The van der Waals surface area contributed by atoms with E-state index in [1.165, 1.54) is 50.5 Å². The molecular formula is C23H34. The zero-order valence-electron chi connectivity index (χ0n) is 15.6. The Hall–Kier alpha value is -0.780. The van der Waals surface area contributed by atoms with E-state index in [0.29, 0.717) is 11.3 Å². The Bertz CT molecular complexity index is 584. The Morgan fingerprint density at radius 3 is 2.70 bits per heavy atom. The summed E-state index contributed by atoms with van der Waals surface area (Å²) in [5.74, 6) is 4.51. The fraction of sp³-hybridized carbons (Fsp3) is 0.739. The standard InChI is InChI=1S/C23H34/c1-5-18-8-11-22-21-10-7-17-14-16(15(2)3)6-9-19(17)20(21)12-13-23(18,22)4/h6,9,14-15,18,20-22H,5,7-8,10-13H2,1-4H3. The average molecular weight is 311 g/mol. The van der Waals surface area contributed by atoms with E-state index in [0.717, 1.165) is 23.7 Å². The molecule has 1 aromatic rings. The Labute approximate surface area is 143 Å². The summed E-state index contributed by atoms with van der Waals surface area (Å²) in [6.07, 6.45) is 10.1. The maximum atomic E-state index is 2.65. The third-order valence-electron chi connectivity index (χ3n) is 8.11. The van der Waals surface area contributed by atoms with Gasteiger partial charge >= 0.3 is 0 Å². The zero-order valence-corrected chi connectivity index (χ0v) is 15.6. The molecule has 126 valence electrons. The first-order valence-corrected chi connectivity index (χ1v) is 10.2. The van der Waals surface area contributed by atoms with Gasteiger partial charge < -0.3 is 0 Å². The largest absolute Gasteiger partial charge is 0.0651 e. The van der Waals surface area contributed by atoms with Crippen molar-refractivity contribution in [3.05, 3.63) is 34.9 Å². The van der Waals surface area contributed by atoms with Crippen LogP contribution in [0.3, 0.4) is 0 Å². The van der Waals surface area contributed by atoms with Gasteiger partial charge in [0.25, 0.3) is 0 Å². The van der Waals surface area contributed by atoms with Gasteiger partial charge in [-0.15, -0.1) is 0 Å². The van der Waals surface area contributed by atoms with Gasteiger partial charge in [0.2, 0.25) is 0 Å². The Morgan fingerprint density at radius 1 is 1.13 bits per heavy atom. The highest BCUT2D eigenvalue weighted by Gasteiger charge is 2.53. The van der Waals surface area contributed by atoms with E-state index in [2.05, 4.69) is 45.9 Å². The van der Waals surface area contributed by atoms with Crippen molar-refractivity contribution in [2.24, 2.45) is 23.2 Å². The van der Waals surface area contributed by atoms with Crippen LogP contribution in [0.2, 0.25) is 0 Å². The van der Waals surface area contributed by atoms with Gasteiger partial charge in [0.15, 0.2) is 0 Å². The van der Waals surface area contributed by atoms with Gasteiger partial charge in [-0.1, -0.05) is 52.3 Å². The highest BCUT2D eigenvalue weighted by molar-refractivity contribution is 5.39. The van der Waals surface area contributed by atoms with Crippen LogP contribution in [-0.2, 0) is 6.42 Å². The molecule has 23 heavy (non-hydrogen) atoms. The van der Waals surface area contributed by atoms with E-state index in [9.17, 15) is 0 Å². The van der Waals surface area contributed by atoms with Crippen LogP contribution in [0.15, 0.2) is 18.2 Å². The topological polar surface area (TPSA) is 0 Å². The number of hydrogen-bond acceptors (Lipinski definition) is 0. The molecular weight excluding hydrogens is 276 g/mol. The third-order valence-corrected chi connectivity index (χ3v) is 8.11. The summed E-state index contributed by atoms with van der Waals surface area (Å²) in [7, 11) is 0. The van der Waals surface area contributed by atoms with E-state index >= 15 is 0 Å². The first-order chi connectivity index (χ1) is 11.0. The molecule has 2 saturated carbocycles. The number of aryl methyl sites for hydroxylation is 1. The number of benzene rings is 1. The molecule has 0 N–H and O–H groups in total. The molecule has 0 aromatic heterocycles. The lowest BCUT2D eigenvalue weighted by Gasteiger charge is -2.51.